The second-order valence-corrected chi connectivity index (χ2v) is 7.09. The Morgan fingerprint density at radius 1 is 1.20 bits per heavy atom. The molecule has 0 heterocycles. The first-order valence-electron chi connectivity index (χ1n) is 6.39. The van der Waals surface area contributed by atoms with Crippen LogP contribution >= 0.6 is 0 Å². The molecular weight excluding hydrogens is 278 g/mol. The van der Waals surface area contributed by atoms with Gasteiger partial charge >= 0.3 is 5.97 Å². The largest absolute Gasteiger partial charge is 0.480 e. The van der Waals surface area contributed by atoms with Crippen molar-refractivity contribution in [3.63, 3.8) is 0 Å². The minimum absolute atomic E-state index is 0.207. The fourth-order valence-corrected chi connectivity index (χ4v) is 4.37. The van der Waals surface area contributed by atoms with Crippen LogP contribution in [0.25, 0.3) is 0 Å². The van der Waals surface area contributed by atoms with E-state index in [4.69, 9.17) is 5.11 Å². The molecule has 0 saturated heterocycles. The minimum atomic E-state index is -3.82. The number of aryl methyl sites for hydroxylation is 3. The van der Waals surface area contributed by atoms with E-state index in [2.05, 4.69) is 0 Å². The van der Waals surface area contributed by atoms with Gasteiger partial charge in [0.1, 0.15) is 6.54 Å². The summed E-state index contributed by atoms with van der Waals surface area (Å²) in [6.07, 6.45) is 0. The molecule has 0 amide bonds. The van der Waals surface area contributed by atoms with Crippen molar-refractivity contribution in [1.29, 1.82) is 0 Å². The number of carboxylic acids is 1. The van der Waals surface area contributed by atoms with Gasteiger partial charge in [0.15, 0.2) is 0 Å². The van der Waals surface area contributed by atoms with Crippen LogP contribution in [-0.2, 0) is 14.8 Å². The van der Waals surface area contributed by atoms with Crippen LogP contribution in [0.1, 0.15) is 30.5 Å². The van der Waals surface area contributed by atoms with Crippen LogP contribution in [0.5, 0.6) is 0 Å². The van der Waals surface area contributed by atoms with E-state index in [9.17, 15) is 13.2 Å². The van der Waals surface area contributed by atoms with E-state index >= 15 is 0 Å². The molecule has 0 unspecified atom stereocenters. The molecule has 0 aliphatic heterocycles. The summed E-state index contributed by atoms with van der Waals surface area (Å²) in [4.78, 5) is 11.1. The Morgan fingerprint density at radius 3 is 2.00 bits per heavy atom. The lowest BCUT2D eigenvalue weighted by molar-refractivity contribution is -0.137. The fourth-order valence-electron chi connectivity index (χ4n) is 2.37. The molecule has 0 aliphatic carbocycles. The van der Waals surface area contributed by atoms with Gasteiger partial charge in [-0.15, -0.1) is 0 Å². The maximum atomic E-state index is 12.7. The highest BCUT2D eigenvalue weighted by Gasteiger charge is 2.31. The molecule has 1 aromatic rings. The number of carbonyl (C=O) groups is 1. The second-order valence-electron chi connectivity index (χ2n) is 5.27. The summed E-state index contributed by atoms with van der Waals surface area (Å²) in [5.41, 5.74) is 2.25. The number of nitrogens with zero attached hydrogens (tertiary/aromatic N) is 1. The zero-order valence-electron chi connectivity index (χ0n) is 12.5. The first-order chi connectivity index (χ1) is 9.07. The molecule has 1 rings (SSSR count). The number of hydrogen-bond donors (Lipinski definition) is 1. The molecule has 0 radical (unpaired) electrons. The minimum Gasteiger partial charge on any atom is -0.480 e. The van der Waals surface area contributed by atoms with Crippen LogP contribution < -0.4 is 0 Å². The van der Waals surface area contributed by atoms with E-state index in [1.165, 1.54) is 0 Å². The van der Waals surface area contributed by atoms with Gasteiger partial charge in [0.2, 0.25) is 10.0 Å². The maximum absolute atomic E-state index is 12.7. The van der Waals surface area contributed by atoms with Gasteiger partial charge in [-0.05, 0) is 45.7 Å². The van der Waals surface area contributed by atoms with Gasteiger partial charge in [0, 0.05) is 6.04 Å². The molecule has 0 fully saturated rings. The molecule has 0 bridgehead atoms. The Kier molecular flexibility index (Phi) is 4.94. The lowest BCUT2D eigenvalue weighted by atomic mass is 10.1. The van der Waals surface area contributed by atoms with Gasteiger partial charge in [-0.25, -0.2) is 8.42 Å². The summed E-state index contributed by atoms with van der Waals surface area (Å²) in [7, 11) is -3.82. The van der Waals surface area contributed by atoms with Crippen LogP contribution in [0.3, 0.4) is 0 Å². The zero-order valence-corrected chi connectivity index (χ0v) is 13.3. The molecule has 0 aromatic heterocycles. The van der Waals surface area contributed by atoms with Gasteiger partial charge < -0.3 is 5.11 Å². The Bertz CT molecular complexity index is 597. The predicted octanol–water partition coefficient (Wildman–Crippen LogP) is 2.10. The third-order valence-electron chi connectivity index (χ3n) is 3.04. The number of rotatable bonds is 5. The normalized spacial score (nSPS) is 12.2. The second kappa shape index (κ2) is 5.93. The molecule has 5 nitrogen and oxygen atoms in total. The maximum Gasteiger partial charge on any atom is 0.318 e. The SMILES string of the molecule is Cc1cc(C)c(S(=O)(=O)N(CC(=O)O)C(C)C)c(C)c1. The van der Waals surface area contributed by atoms with Crippen molar-refractivity contribution in [2.45, 2.75) is 45.6 Å². The summed E-state index contributed by atoms with van der Waals surface area (Å²) < 4.78 is 26.5. The molecule has 20 heavy (non-hydrogen) atoms. The Hall–Kier alpha value is -1.40. The molecule has 0 saturated carbocycles. The Labute approximate surface area is 120 Å². The predicted molar refractivity (Wildman–Crippen MR) is 77.3 cm³/mol. The summed E-state index contributed by atoms with van der Waals surface area (Å²) in [5, 5.41) is 8.92. The van der Waals surface area contributed by atoms with Crippen molar-refractivity contribution >= 4 is 16.0 Å². The molecule has 0 spiro atoms. The van der Waals surface area contributed by atoms with E-state index in [0.29, 0.717) is 11.1 Å². The third-order valence-corrected chi connectivity index (χ3v) is 5.37. The highest BCUT2D eigenvalue weighted by atomic mass is 32.2. The van der Waals surface area contributed by atoms with Crippen molar-refractivity contribution in [3.05, 3.63) is 28.8 Å². The summed E-state index contributed by atoms with van der Waals surface area (Å²) in [6.45, 7) is 8.15. The van der Waals surface area contributed by atoms with Gasteiger partial charge in [-0.1, -0.05) is 17.7 Å². The van der Waals surface area contributed by atoms with E-state index in [1.807, 2.05) is 6.92 Å². The number of sulfonamides is 1. The third kappa shape index (κ3) is 3.37. The summed E-state index contributed by atoms with van der Waals surface area (Å²) in [6, 6.07) is 3.16. The van der Waals surface area contributed by atoms with Crippen LogP contribution in [0, 0.1) is 20.8 Å². The number of aliphatic carboxylic acids is 1. The van der Waals surface area contributed by atoms with Crippen molar-refractivity contribution in [2.24, 2.45) is 0 Å². The quantitative estimate of drug-likeness (QED) is 0.903. The Balaban J connectivity index is 3.45. The molecule has 1 aromatic carbocycles. The lowest BCUT2D eigenvalue weighted by Gasteiger charge is -2.26. The van der Waals surface area contributed by atoms with Crippen molar-refractivity contribution in [3.8, 4) is 0 Å². The molecule has 0 aliphatic rings. The molecule has 1 N–H and O–H groups in total. The van der Waals surface area contributed by atoms with E-state index in [0.717, 1.165) is 9.87 Å². The van der Waals surface area contributed by atoms with Crippen LogP contribution in [-0.4, -0.2) is 36.4 Å². The molecule has 6 heteroatoms. The van der Waals surface area contributed by atoms with Crippen molar-refractivity contribution < 1.29 is 18.3 Å². The van der Waals surface area contributed by atoms with Crippen molar-refractivity contribution in [1.82, 2.24) is 4.31 Å². The number of benzene rings is 1. The average molecular weight is 299 g/mol. The smallest absolute Gasteiger partial charge is 0.318 e. The van der Waals surface area contributed by atoms with Gasteiger partial charge in [0.05, 0.1) is 4.90 Å². The van der Waals surface area contributed by atoms with E-state index in [-0.39, 0.29) is 4.90 Å². The number of carboxylic acid groups (broad SMARTS) is 1. The fraction of sp³-hybridized carbons (Fsp3) is 0.500. The van der Waals surface area contributed by atoms with Gasteiger partial charge in [0.25, 0.3) is 0 Å². The van der Waals surface area contributed by atoms with E-state index < -0.39 is 28.6 Å². The first-order valence-corrected chi connectivity index (χ1v) is 7.83. The Morgan fingerprint density at radius 2 is 1.65 bits per heavy atom. The van der Waals surface area contributed by atoms with Crippen LogP contribution in [0.15, 0.2) is 17.0 Å². The summed E-state index contributed by atoms with van der Waals surface area (Å²) >= 11 is 0. The monoisotopic (exact) mass is 299 g/mol. The molecular formula is C14H21NO4S. The summed E-state index contributed by atoms with van der Waals surface area (Å²) in [5.74, 6) is -1.16. The first kappa shape index (κ1) is 16.7. The molecule has 0 atom stereocenters. The average Bonchev–Trinajstić information content (AvgIpc) is 2.22. The topological polar surface area (TPSA) is 74.7 Å². The standard InChI is InChI=1S/C14H21NO4S/c1-9(2)15(8-13(16)17)20(18,19)14-11(4)6-10(3)7-12(14)5/h6-7,9H,8H2,1-5H3,(H,16,17). The lowest BCUT2D eigenvalue weighted by Crippen LogP contribution is -2.41. The zero-order chi connectivity index (χ0) is 15.7. The van der Waals surface area contributed by atoms with E-state index in [1.54, 1.807) is 39.8 Å². The van der Waals surface area contributed by atoms with Crippen molar-refractivity contribution in [2.75, 3.05) is 6.54 Å². The number of hydrogen-bond acceptors (Lipinski definition) is 3. The van der Waals surface area contributed by atoms with Crippen LogP contribution in [0.4, 0.5) is 0 Å². The highest BCUT2D eigenvalue weighted by molar-refractivity contribution is 7.89. The highest BCUT2D eigenvalue weighted by Crippen LogP contribution is 2.26. The van der Waals surface area contributed by atoms with Gasteiger partial charge in [-0.2, -0.15) is 4.31 Å². The molecule has 112 valence electrons. The van der Waals surface area contributed by atoms with Gasteiger partial charge in [-0.3, -0.25) is 4.79 Å². The van der Waals surface area contributed by atoms with Crippen LogP contribution in [0.2, 0.25) is 0 Å².